The van der Waals surface area contributed by atoms with Gasteiger partial charge in [-0.1, -0.05) is 18.0 Å². The van der Waals surface area contributed by atoms with Gasteiger partial charge in [-0.25, -0.2) is 0 Å². The van der Waals surface area contributed by atoms with Crippen molar-refractivity contribution in [3.63, 3.8) is 0 Å². The molecule has 1 saturated carbocycles. The van der Waals surface area contributed by atoms with Gasteiger partial charge in [0.25, 0.3) is 0 Å². The van der Waals surface area contributed by atoms with Crippen LogP contribution in [0.3, 0.4) is 0 Å². The summed E-state index contributed by atoms with van der Waals surface area (Å²) in [6.45, 7) is 0. The van der Waals surface area contributed by atoms with E-state index < -0.39 is 5.54 Å². The van der Waals surface area contributed by atoms with Crippen LogP contribution >= 0.6 is 0 Å². The van der Waals surface area contributed by atoms with E-state index in [0.717, 1.165) is 25.7 Å². The van der Waals surface area contributed by atoms with E-state index in [2.05, 4.69) is 10.1 Å². The standard InChI is InChI=1S/C13H15N3O3/c14-13(5-1-2-6-13)12-15-11(16-19-12)8-3-4-9(17)10(18)7-8/h3-4,7,17-18H,1-2,5-6,14H2. The number of hydrogen-bond acceptors (Lipinski definition) is 6. The highest BCUT2D eigenvalue weighted by Gasteiger charge is 2.36. The van der Waals surface area contributed by atoms with E-state index in [4.69, 9.17) is 10.3 Å². The molecule has 1 aliphatic carbocycles. The van der Waals surface area contributed by atoms with E-state index in [0.29, 0.717) is 17.3 Å². The van der Waals surface area contributed by atoms with E-state index in [1.807, 2.05) is 0 Å². The molecule has 0 amide bonds. The Morgan fingerprint density at radius 3 is 2.58 bits per heavy atom. The molecule has 0 atom stereocenters. The fourth-order valence-corrected chi connectivity index (χ4v) is 2.43. The summed E-state index contributed by atoms with van der Waals surface area (Å²) in [6, 6.07) is 4.39. The minimum atomic E-state index is -0.524. The highest BCUT2D eigenvalue weighted by Crippen LogP contribution is 2.36. The molecule has 4 N–H and O–H groups in total. The summed E-state index contributed by atoms with van der Waals surface area (Å²) in [4.78, 5) is 4.31. The van der Waals surface area contributed by atoms with Gasteiger partial charge in [0.2, 0.25) is 11.7 Å². The summed E-state index contributed by atoms with van der Waals surface area (Å²) in [6.07, 6.45) is 3.81. The van der Waals surface area contributed by atoms with Crippen molar-refractivity contribution in [1.82, 2.24) is 10.1 Å². The maximum Gasteiger partial charge on any atom is 0.247 e. The van der Waals surface area contributed by atoms with Gasteiger partial charge < -0.3 is 20.5 Å². The van der Waals surface area contributed by atoms with Gasteiger partial charge >= 0.3 is 0 Å². The van der Waals surface area contributed by atoms with Crippen molar-refractivity contribution in [3.8, 4) is 22.9 Å². The van der Waals surface area contributed by atoms with Crippen molar-refractivity contribution >= 4 is 0 Å². The van der Waals surface area contributed by atoms with E-state index in [1.165, 1.54) is 12.1 Å². The van der Waals surface area contributed by atoms with Crippen molar-refractivity contribution in [1.29, 1.82) is 0 Å². The van der Waals surface area contributed by atoms with Crippen LogP contribution in [-0.4, -0.2) is 20.4 Å². The number of nitrogens with zero attached hydrogens (tertiary/aromatic N) is 2. The Kier molecular flexibility index (Phi) is 2.67. The number of phenolic OH excluding ortho intramolecular Hbond substituents is 2. The minimum Gasteiger partial charge on any atom is -0.504 e. The number of aromatic nitrogens is 2. The summed E-state index contributed by atoms with van der Waals surface area (Å²) in [5.41, 5.74) is 6.29. The number of nitrogens with two attached hydrogens (primary N) is 1. The van der Waals surface area contributed by atoms with Crippen LogP contribution in [0, 0.1) is 0 Å². The molecule has 6 heteroatoms. The Hall–Kier alpha value is -2.08. The zero-order chi connectivity index (χ0) is 13.5. The highest BCUT2D eigenvalue weighted by molar-refractivity contribution is 5.60. The third-order valence-electron chi connectivity index (χ3n) is 3.58. The molecule has 0 saturated heterocycles. The van der Waals surface area contributed by atoms with Crippen LogP contribution in [0.15, 0.2) is 22.7 Å². The van der Waals surface area contributed by atoms with Crippen LogP contribution in [-0.2, 0) is 5.54 Å². The second kappa shape index (κ2) is 4.24. The van der Waals surface area contributed by atoms with Crippen LogP contribution in [0.25, 0.3) is 11.4 Å². The first-order valence-electron chi connectivity index (χ1n) is 6.24. The van der Waals surface area contributed by atoms with Gasteiger partial charge in [0.1, 0.15) is 0 Å². The fourth-order valence-electron chi connectivity index (χ4n) is 2.43. The van der Waals surface area contributed by atoms with Gasteiger partial charge in [0, 0.05) is 5.56 Å². The molecule has 0 bridgehead atoms. The van der Waals surface area contributed by atoms with Crippen LogP contribution in [0.2, 0.25) is 0 Å². The van der Waals surface area contributed by atoms with Crippen LogP contribution in [0.1, 0.15) is 31.6 Å². The van der Waals surface area contributed by atoms with E-state index >= 15 is 0 Å². The van der Waals surface area contributed by atoms with E-state index in [9.17, 15) is 10.2 Å². The predicted octanol–water partition coefficient (Wildman–Crippen LogP) is 1.88. The second-order valence-electron chi connectivity index (χ2n) is 4.99. The van der Waals surface area contributed by atoms with Gasteiger partial charge in [0.05, 0.1) is 5.54 Å². The molecule has 2 aromatic rings. The number of rotatable bonds is 2. The van der Waals surface area contributed by atoms with Gasteiger partial charge in [-0.05, 0) is 31.0 Å². The first-order chi connectivity index (χ1) is 9.08. The molecule has 3 rings (SSSR count). The third kappa shape index (κ3) is 2.04. The van der Waals surface area contributed by atoms with Crippen molar-refractivity contribution in [2.75, 3.05) is 0 Å². The zero-order valence-electron chi connectivity index (χ0n) is 10.3. The SMILES string of the molecule is NC1(c2nc(-c3ccc(O)c(O)c3)no2)CCCC1. The summed E-state index contributed by atoms with van der Waals surface area (Å²) in [5, 5.41) is 22.6. The van der Waals surface area contributed by atoms with E-state index in [-0.39, 0.29) is 11.5 Å². The zero-order valence-corrected chi connectivity index (χ0v) is 10.3. The summed E-state index contributed by atoms with van der Waals surface area (Å²) < 4.78 is 5.25. The van der Waals surface area contributed by atoms with Gasteiger partial charge in [-0.15, -0.1) is 0 Å². The summed E-state index contributed by atoms with van der Waals surface area (Å²) in [7, 11) is 0. The molecule has 0 aliphatic heterocycles. The monoisotopic (exact) mass is 261 g/mol. The third-order valence-corrected chi connectivity index (χ3v) is 3.58. The minimum absolute atomic E-state index is 0.182. The Labute approximate surface area is 109 Å². The van der Waals surface area contributed by atoms with Crippen LogP contribution < -0.4 is 5.73 Å². The van der Waals surface area contributed by atoms with Gasteiger partial charge in [0.15, 0.2) is 11.5 Å². The Bertz CT molecular complexity index is 603. The molecule has 1 aromatic heterocycles. The van der Waals surface area contributed by atoms with Crippen molar-refractivity contribution in [2.24, 2.45) is 5.73 Å². The summed E-state index contributed by atoms with van der Waals surface area (Å²) >= 11 is 0. The van der Waals surface area contributed by atoms with Crippen molar-refractivity contribution < 1.29 is 14.7 Å². The molecule has 0 radical (unpaired) electrons. The Morgan fingerprint density at radius 1 is 1.16 bits per heavy atom. The smallest absolute Gasteiger partial charge is 0.247 e. The predicted molar refractivity (Wildman–Crippen MR) is 67.4 cm³/mol. The second-order valence-corrected chi connectivity index (χ2v) is 4.99. The molecule has 0 unspecified atom stereocenters. The topological polar surface area (TPSA) is 105 Å². The highest BCUT2D eigenvalue weighted by atomic mass is 16.5. The molecular formula is C13H15N3O3. The average molecular weight is 261 g/mol. The Balaban J connectivity index is 1.94. The first-order valence-corrected chi connectivity index (χ1v) is 6.24. The first kappa shape index (κ1) is 12.0. The molecule has 100 valence electrons. The maximum atomic E-state index is 9.47. The van der Waals surface area contributed by atoms with Crippen molar-refractivity contribution in [3.05, 3.63) is 24.1 Å². The number of benzene rings is 1. The average Bonchev–Trinajstić information content (AvgIpc) is 3.02. The quantitative estimate of drug-likeness (QED) is 0.713. The van der Waals surface area contributed by atoms with Gasteiger partial charge in [-0.2, -0.15) is 4.98 Å². The molecule has 1 aliphatic rings. The molecule has 1 fully saturated rings. The number of hydrogen-bond donors (Lipinski definition) is 3. The maximum absolute atomic E-state index is 9.47. The van der Waals surface area contributed by atoms with E-state index in [1.54, 1.807) is 6.07 Å². The molecule has 1 aromatic carbocycles. The molecule has 0 spiro atoms. The van der Waals surface area contributed by atoms with Crippen LogP contribution in [0.5, 0.6) is 11.5 Å². The fraction of sp³-hybridized carbons (Fsp3) is 0.385. The lowest BCUT2D eigenvalue weighted by molar-refractivity contribution is 0.285. The van der Waals surface area contributed by atoms with Gasteiger partial charge in [-0.3, -0.25) is 0 Å². The Morgan fingerprint density at radius 2 is 1.89 bits per heavy atom. The molecule has 6 nitrogen and oxygen atoms in total. The lowest BCUT2D eigenvalue weighted by Crippen LogP contribution is -2.33. The largest absolute Gasteiger partial charge is 0.504 e. The normalized spacial score (nSPS) is 17.7. The summed E-state index contributed by atoms with van der Waals surface area (Å²) in [5.74, 6) is 0.403. The molecular weight excluding hydrogens is 246 g/mol. The lowest BCUT2D eigenvalue weighted by Gasteiger charge is -2.17. The number of phenols is 2. The van der Waals surface area contributed by atoms with Crippen molar-refractivity contribution in [2.45, 2.75) is 31.2 Å². The molecule has 19 heavy (non-hydrogen) atoms. The lowest BCUT2D eigenvalue weighted by atomic mass is 9.99. The van der Waals surface area contributed by atoms with Crippen LogP contribution in [0.4, 0.5) is 0 Å². The number of aromatic hydroxyl groups is 2. The molecule has 1 heterocycles.